The Balaban J connectivity index is 1.55. The molecule has 0 bridgehead atoms. The van der Waals surface area contributed by atoms with Crippen molar-refractivity contribution in [1.29, 1.82) is 0 Å². The zero-order valence-corrected chi connectivity index (χ0v) is 20.3. The van der Waals surface area contributed by atoms with Gasteiger partial charge >= 0.3 is 5.97 Å². The van der Waals surface area contributed by atoms with E-state index in [0.717, 1.165) is 16.5 Å². The maximum Gasteiger partial charge on any atom is 0.339 e. The molecule has 37 heavy (non-hydrogen) atoms. The fourth-order valence-corrected chi connectivity index (χ4v) is 4.26. The van der Waals surface area contributed by atoms with E-state index in [-0.39, 0.29) is 5.78 Å². The van der Waals surface area contributed by atoms with Gasteiger partial charge in [0, 0.05) is 28.2 Å². The molecular weight excluding hydrogens is 462 g/mol. The van der Waals surface area contributed by atoms with Crippen LogP contribution in [0.1, 0.15) is 33.2 Å². The molecule has 182 valence electrons. The van der Waals surface area contributed by atoms with E-state index in [9.17, 15) is 9.59 Å². The van der Waals surface area contributed by atoms with Crippen LogP contribution in [0.5, 0.6) is 5.75 Å². The lowest BCUT2D eigenvalue weighted by Crippen LogP contribution is -2.21. The molecular formula is C32H25NO4. The van der Waals surface area contributed by atoms with Crippen molar-refractivity contribution in [1.82, 2.24) is 4.98 Å². The van der Waals surface area contributed by atoms with Crippen LogP contribution < -0.4 is 4.74 Å². The number of rotatable bonds is 8. The number of methoxy groups -OCH3 is 1. The number of benzene rings is 4. The number of fused-ring (bicyclic) bond motifs is 1. The summed E-state index contributed by atoms with van der Waals surface area (Å²) in [6.45, 7) is 0. The number of esters is 1. The number of carbonyl (C=O) groups is 2. The molecule has 0 fully saturated rings. The van der Waals surface area contributed by atoms with Crippen LogP contribution in [0.25, 0.3) is 22.6 Å². The predicted octanol–water partition coefficient (Wildman–Crippen LogP) is 6.88. The first kappa shape index (κ1) is 23.8. The summed E-state index contributed by atoms with van der Waals surface area (Å²) in [4.78, 5) is 30.7. The van der Waals surface area contributed by atoms with E-state index in [1.54, 1.807) is 31.5 Å². The minimum atomic E-state index is -1.12. The average Bonchev–Trinajstić information content (AvgIpc) is 3.39. The topological polar surface area (TPSA) is 68.4 Å². The van der Waals surface area contributed by atoms with E-state index < -0.39 is 12.1 Å². The highest BCUT2D eigenvalue weighted by Crippen LogP contribution is 2.30. The van der Waals surface area contributed by atoms with Gasteiger partial charge in [-0.05, 0) is 35.4 Å². The summed E-state index contributed by atoms with van der Waals surface area (Å²) < 4.78 is 11.4. The molecule has 0 aliphatic heterocycles. The van der Waals surface area contributed by atoms with Crippen molar-refractivity contribution in [2.75, 3.05) is 7.11 Å². The van der Waals surface area contributed by atoms with Gasteiger partial charge < -0.3 is 14.5 Å². The summed E-state index contributed by atoms with van der Waals surface area (Å²) in [5.41, 5.74) is 3.69. The molecule has 1 N–H and O–H groups in total. The summed E-state index contributed by atoms with van der Waals surface area (Å²) in [5.74, 6) is -0.229. The van der Waals surface area contributed by atoms with Crippen LogP contribution in [0.2, 0.25) is 0 Å². The minimum absolute atomic E-state index is 0.300. The van der Waals surface area contributed by atoms with Crippen LogP contribution in [0.15, 0.2) is 115 Å². The number of nitrogens with one attached hydrogen (secondary N) is 1. The van der Waals surface area contributed by atoms with Crippen LogP contribution in [0.3, 0.4) is 0 Å². The Morgan fingerprint density at radius 3 is 2.27 bits per heavy atom. The number of hydrogen-bond donors (Lipinski definition) is 1. The molecule has 0 saturated heterocycles. The normalized spacial score (nSPS) is 12.2. The third kappa shape index (κ3) is 5.21. The average molecular weight is 488 g/mol. The van der Waals surface area contributed by atoms with Crippen LogP contribution in [0, 0.1) is 0 Å². The van der Waals surface area contributed by atoms with Crippen LogP contribution in [-0.4, -0.2) is 23.8 Å². The molecule has 4 aromatic carbocycles. The van der Waals surface area contributed by atoms with Gasteiger partial charge in [-0.2, -0.15) is 0 Å². The number of aromatic nitrogens is 1. The molecule has 0 amide bonds. The Morgan fingerprint density at radius 1 is 0.811 bits per heavy atom. The summed E-state index contributed by atoms with van der Waals surface area (Å²) in [7, 11) is 1.59. The van der Waals surface area contributed by atoms with Gasteiger partial charge in [0.2, 0.25) is 5.78 Å². The van der Waals surface area contributed by atoms with Crippen LogP contribution in [0.4, 0.5) is 0 Å². The van der Waals surface area contributed by atoms with E-state index in [1.807, 2.05) is 97.1 Å². The van der Waals surface area contributed by atoms with Gasteiger partial charge in [0.25, 0.3) is 0 Å². The second-order valence-corrected chi connectivity index (χ2v) is 8.51. The van der Waals surface area contributed by atoms with Gasteiger partial charge in [-0.15, -0.1) is 0 Å². The standard InChI is InChI=1S/C32H25NO4/c1-36-25-16-10-11-22(19-25)20-27(23-12-4-2-5-13-23)32(35)37-31(24-14-6-3-7-15-24)30(34)28-21-33-29-18-9-8-17-26(28)29/h2-21,31,33H,1H3. The van der Waals surface area contributed by atoms with Crippen LogP contribution in [-0.2, 0) is 9.53 Å². The highest BCUT2D eigenvalue weighted by atomic mass is 16.5. The van der Waals surface area contributed by atoms with Crippen LogP contribution >= 0.6 is 0 Å². The molecule has 5 nitrogen and oxygen atoms in total. The zero-order chi connectivity index (χ0) is 25.6. The van der Waals surface area contributed by atoms with E-state index in [4.69, 9.17) is 9.47 Å². The number of aromatic amines is 1. The van der Waals surface area contributed by atoms with Crippen molar-refractivity contribution in [3.63, 3.8) is 0 Å². The highest BCUT2D eigenvalue weighted by Gasteiger charge is 2.29. The predicted molar refractivity (Wildman–Crippen MR) is 145 cm³/mol. The molecule has 0 radical (unpaired) electrons. The van der Waals surface area contributed by atoms with Gasteiger partial charge in [-0.1, -0.05) is 91.0 Å². The van der Waals surface area contributed by atoms with Crippen molar-refractivity contribution in [3.05, 3.63) is 138 Å². The maximum absolute atomic E-state index is 13.8. The lowest BCUT2D eigenvalue weighted by Gasteiger charge is -2.18. The maximum atomic E-state index is 13.8. The number of ketones is 1. The first-order valence-corrected chi connectivity index (χ1v) is 11.9. The molecule has 0 aliphatic rings. The van der Waals surface area contributed by atoms with E-state index >= 15 is 0 Å². The number of para-hydroxylation sites is 1. The largest absolute Gasteiger partial charge is 0.497 e. The van der Waals surface area contributed by atoms with E-state index in [1.165, 1.54) is 0 Å². The van der Waals surface area contributed by atoms with Gasteiger partial charge in [-0.3, -0.25) is 4.79 Å². The second kappa shape index (κ2) is 10.8. The molecule has 1 atom stereocenters. The van der Waals surface area contributed by atoms with E-state index in [0.29, 0.717) is 28.0 Å². The fraction of sp³-hybridized carbons (Fsp3) is 0.0625. The summed E-state index contributed by atoms with van der Waals surface area (Å²) in [6.07, 6.45) is 2.30. The molecule has 5 heteroatoms. The SMILES string of the molecule is COc1cccc(C=C(C(=O)OC(C(=O)c2c[nH]c3ccccc23)c2ccccc2)c2ccccc2)c1. The van der Waals surface area contributed by atoms with Crippen molar-refractivity contribution < 1.29 is 19.1 Å². The minimum Gasteiger partial charge on any atom is -0.497 e. The van der Waals surface area contributed by atoms with Crippen molar-refractivity contribution >= 4 is 34.3 Å². The number of carbonyl (C=O) groups excluding carboxylic acids is 2. The summed E-state index contributed by atoms with van der Waals surface area (Å²) in [6, 6.07) is 33.3. The summed E-state index contributed by atoms with van der Waals surface area (Å²) in [5, 5.41) is 0.777. The van der Waals surface area contributed by atoms with Crippen molar-refractivity contribution in [2.45, 2.75) is 6.10 Å². The van der Waals surface area contributed by atoms with Crippen molar-refractivity contribution in [3.8, 4) is 5.75 Å². The molecule has 0 saturated carbocycles. The molecule has 1 aromatic heterocycles. The molecule has 0 spiro atoms. The lowest BCUT2D eigenvalue weighted by molar-refractivity contribution is -0.140. The molecule has 1 heterocycles. The number of H-pyrrole nitrogens is 1. The lowest BCUT2D eigenvalue weighted by atomic mass is 9.98. The quantitative estimate of drug-likeness (QED) is 0.112. The third-order valence-corrected chi connectivity index (χ3v) is 6.13. The Morgan fingerprint density at radius 2 is 1.51 bits per heavy atom. The molecule has 5 aromatic rings. The monoisotopic (exact) mass is 487 g/mol. The number of Topliss-reactive ketones (excluding diaryl/α,β-unsaturated/α-hetero) is 1. The van der Waals surface area contributed by atoms with E-state index in [2.05, 4.69) is 4.98 Å². The smallest absolute Gasteiger partial charge is 0.339 e. The third-order valence-electron chi connectivity index (χ3n) is 6.13. The molecule has 1 unspecified atom stereocenters. The summed E-state index contributed by atoms with van der Waals surface area (Å²) >= 11 is 0. The Hall–Kier alpha value is -4.90. The first-order valence-electron chi connectivity index (χ1n) is 11.9. The second-order valence-electron chi connectivity index (χ2n) is 8.51. The van der Waals surface area contributed by atoms with Gasteiger partial charge in [0.05, 0.1) is 12.7 Å². The zero-order valence-electron chi connectivity index (χ0n) is 20.3. The van der Waals surface area contributed by atoms with Gasteiger partial charge in [0.1, 0.15) is 5.75 Å². The van der Waals surface area contributed by atoms with Crippen molar-refractivity contribution in [2.24, 2.45) is 0 Å². The van der Waals surface area contributed by atoms with Gasteiger partial charge in [-0.25, -0.2) is 4.79 Å². The number of ether oxygens (including phenoxy) is 2. The fourth-order valence-electron chi connectivity index (χ4n) is 4.26. The Labute approximate surface area is 215 Å². The Kier molecular flexibility index (Phi) is 6.95. The molecule has 0 aliphatic carbocycles. The highest BCUT2D eigenvalue weighted by molar-refractivity contribution is 6.22. The molecule has 5 rings (SSSR count). The first-order chi connectivity index (χ1) is 18.1. The number of hydrogen-bond acceptors (Lipinski definition) is 4. The Bertz CT molecular complexity index is 1570. The van der Waals surface area contributed by atoms with Gasteiger partial charge in [0.15, 0.2) is 6.10 Å².